The van der Waals surface area contributed by atoms with Crippen molar-refractivity contribution in [1.29, 1.82) is 0 Å². The second-order valence-corrected chi connectivity index (χ2v) is 4.90. The van der Waals surface area contributed by atoms with Crippen LogP contribution >= 0.6 is 0 Å². The van der Waals surface area contributed by atoms with Gasteiger partial charge >= 0.3 is 6.03 Å². The molecule has 2 atom stereocenters. The molecule has 7 nitrogen and oxygen atoms in total. The minimum Gasteiger partial charge on any atom is -0.394 e. The molecule has 0 radical (unpaired) electrons. The molecular formula is C15H20N4O3. The number of aromatic nitrogens is 2. The van der Waals surface area contributed by atoms with Gasteiger partial charge in [-0.15, -0.1) is 0 Å². The zero-order valence-corrected chi connectivity index (χ0v) is 12.6. The van der Waals surface area contributed by atoms with E-state index in [1.165, 1.54) is 0 Å². The van der Waals surface area contributed by atoms with Crippen molar-refractivity contribution in [2.45, 2.75) is 32.4 Å². The predicted molar refractivity (Wildman–Crippen MR) is 80.0 cm³/mol. The molecule has 2 rings (SSSR count). The van der Waals surface area contributed by atoms with E-state index in [9.17, 15) is 9.90 Å². The molecule has 0 aliphatic rings. The van der Waals surface area contributed by atoms with E-state index in [1.807, 2.05) is 37.3 Å². The van der Waals surface area contributed by atoms with Crippen LogP contribution in [-0.4, -0.2) is 27.9 Å². The molecule has 1 aromatic carbocycles. The third-order valence-corrected chi connectivity index (χ3v) is 3.26. The molecule has 2 amide bonds. The van der Waals surface area contributed by atoms with Crippen molar-refractivity contribution >= 4 is 6.03 Å². The highest BCUT2D eigenvalue weighted by atomic mass is 16.5. The Hall–Kier alpha value is -2.41. The highest BCUT2D eigenvalue weighted by Gasteiger charge is 2.20. The molecule has 0 bridgehead atoms. The first-order valence-corrected chi connectivity index (χ1v) is 7.17. The number of aryl methyl sites for hydroxylation is 1. The normalized spacial score (nSPS) is 13.4. The summed E-state index contributed by atoms with van der Waals surface area (Å²) in [6, 6.07) is 8.09. The lowest BCUT2D eigenvalue weighted by Crippen LogP contribution is -2.41. The van der Waals surface area contributed by atoms with Crippen LogP contribution in [-0.2, 0) is 0 Å². The largest absolute Gasteiger partial charge is 0.394 e. The van der Waals surface area contributed by atoms with Gasteiger partial charge in [-0.25, -0.2) is 4.79 Å². The maximum Gasteiger partial charge on any atom is 0.315 e. The van der Waals surface area contributed by atoms with Crippen LogP contribution < -0.4 is 10.6 Å². The molecule has 1 heterocycles. The minimum atomic E-state index is -0.467. The maximum atomic E-state index is 12.1. The number of rotatable bonds is 6. The number of nitrogens with one attached hydrogen (secondary N) is 2. The van der Waals surface area contributed by atoms with E-state index in [2.05, 4.69) is 20.8 Å². The van der Waals surface area contributed by atoms with Gasteiger partial charge < -0.3 is 20.3 Å². The Labute approximate surface area is 128 Å². The lowest BCUT2D eigenvalue weighted by Gasteiger charge is -2.19. The first-order chi connectivity index (χ1) is 10.6. The van der Waals surface area contributed by atoms with Crippen LogP contribution in [0, 0.1) is 6.92 Å². The van der Waals surface area contributed by atoms with Crippen LogP contribution in [0.3, 0.4) is 0 Å². The molecule has 7 heteroatoms. The summed E-state index contributed by atoms with van der Waals surface area (Å²) in [5.74, 6) is 0.892. The van der Waals surface area contributed by atoms with Gasteiger partial charge in [0, 0.05) is 6.92 Å². The van der Waals surface area contributed by atoms with Crippen LogP contribution in [0.5, 0.6) is 0 Å². The first-order valence-electron chi connectivity index (χ1n) is 7.17. The molecule has 0 saturated carbocycles. The van der Waals surface area contributed by atoms with Crippen molar-refractivity contribution in [3.05, 3.63) is 47.6 Å². The lowest BCUT2D eigenvalue weighted by atomic mass is 10.1. The fraction of sp³-hybridized carbons (Fsp3) is 0.400. The number of hydrogen-bond acceptors (Lipinski definition) is 5. The van der Waals surface area contributed by atoms with E-state index >= 15 is 0 Å². The topological polar surface area (TPSA) is 100 Å². The summed E-state index contributed by atoms with van der Waals surface area (Å²) in [5.41, 5.74) is 0.837. The molecule has 0 unspecified atom stereocenters. The average molecular weight is 304 g/mol. The Balaban J connectivity index is 1.98. The van der Waals surface area contributed by atoms with Crippen LogP contribution in [0.15, 0.2) is 34.9 Å². The number of benzene rings is 1. The molecular weight excluding hydrogens is 284 g/mol. The maximum absolute atomic E-state index is 12.1. The van der Waals surface area contributed by atoms with Crippen molar-refractivity contribution in [1.82, 2.24) is 20.8 Å². The summed E-state index contributed by atoms with van der Waals surface area (Å²) < 4.78 is 4.93. The number of aliphatic hydroxyl groups is 1. The van der Waals surface area contributed by atoms with Crippen molar-refractivity contribution in [3.63, 3.8) is 0 Å². The van der Waals surface area contributed by atoms with Gasteiger partial charge in [-0.1, -0.05) is 42.4 Å². The van der Waals surface area contributed by atoms with Crippen molar-refractivity contribution in [2.75, 3.05) is 6.61 Å². The van der Waals surface area contributed by atoms with E-state index in [4.69, 9.17) is 4.52 Å². The summed E-state index contributed by atoms with van der Waals surface area (Å²) in [6.07, 6.45) is 0.627. The fourth-order valence-corrected chi connectivity index (χ4v) is 2.08. The van der Waals surface area contributed by atoms with Crippen molar-refractivity contribution in [3.8, 4) is 0 Å². The summed E-state index contributed by atoms with van der Waals surface area (Å²) in [5, 5.41) is 18.8. The standard InChI is InChI=1S/C15H20N4O3/c1-3-12(14-16-10(2)22-19-14)17-15(21)18-13(9-20)11-7-5-4-6-8-11/h4-8,12-13,20H,3,9H2,1-2H3,(H2,17,18,21)/t12-,13+/m0/s1. The van der Waals surface area contributed by atoms with Gasteiger partial charge in [0.1, 0.15) is 0 Å². The zero-order chi connectivity index (χ0) is 15.9. The quantitative estimate of drug-likeness (QED) is 0.756. The molecule has 0 spiro atoms. The van der Waals surface area contributed by atoms with E-state index < -0.39 is 12.1 Å². The Morgan fingerprint density at radius 3 is 2.50 bits per heavy atom. The highest BCUT2D eigenvalue weighted by Crippen LogP contribution is 2.14. The molecule has 3 N–H and O–H groups in total. The molecule has 0 aliphatic carbocycles. The van der Waals surface area contributed by atoms with Gasteiger partial charge in [0.15, 0.2) is 5.82 Å². The van der Waals surface area contributed by atoms with E-state index in [1.54, 1.807) is 6.92 Å². The SMILES string of the molecule is CC[C@H](NC(=O)N[C@H](CO)c1ccccc1)c1noc(C)n1. The molecule has 0 saturated heterocycles. The molecule has 22 heavy (non-hydrogen) atoms. The average Bonchev–Trinajstić information content (AvgIpc) is 2.97. The molecule has 118 valence electrons. The lowest BCUT2D eigenvalue weighted by molar-refractivity contribution is 0.213. The number of nitrogens with zero attached hydrogens (tertiary/aromatic N) is 2. The smallest absolute Gasteiger partial charge is 0.315 e. The minimum absolute atomic E-state index is 0.185. The number of hydrogen-bond donors (Lipinski definition) is 3. The first kappa shape index (κ1) is 16.0. The Bertz CT molecular complexity index is 600. The van der Waals surface area contributed by atoms with E-state index in [0.717, 1.165) is 5.56 Å². The van der Waals surface area contributed by atoms with Crippen LogP contribution in [0.25, 0.3) is 0 Å². The Morgan fingerprint density at radius 1 is 1.27 bits per heavy atom. The van der Waals surface area contributed by atoms with E-state index in [0.29, 0.717) is 18.1 Å². The highest BCUT2D eigenvalue weighted by molar-refractivity contribution is 5.74. The van der Waals surface area contributed by atoms with Gasteiger partial charge in [-0.3, -0.25) is 0 Å². The van der Waals surface area contributed by atoms with Crippen molar-refractivity contribution < 1.29 is 14.4 Å². The third-order valence-electron chi connectivity index (χ3n) is 3.26. The summed E-state index contributed by atoms with van der Waals surface area (Å²) in [7, 11) is 0. The number of amides is 2. The van der Waals surface area contributed by atoms with Crippen LogP contribution in [0.4, 0.5) is 4.79 Å². The van der Waals surface area contributed by atoms with E-state index in [-0.39, 0.29) is 12.6 Å². The summed E-state index contributed by atoms with van der Waals surface area (Å²) in [6.45, 7) is 3.42. The molecule has 0 aliphatic heterocycles. The fourth-order valence-electron chi connectivity index (χ4n) is 2.08. The second-order valence-electron chi connectivity index (χ2n) is 4.90. The number of urea groups is 1. The van der Waals surface area contributed by atoms with Crippen molar-refractivity contribution in [2.24, 2.45) is 0 Å². The monoisotopic (exact) mass is 304 g/mol. The van der Waals surface area contributed by atoms with Gasteiger partial charge in [0.2, 0.25) is 5.89 Å². The zero-order valence-electron chi connectivity index (χ0n) is 12.6. The van der Waals surface area contributed by atoms with Gasteiger partial charge in [0.25, 0.3) is 0 Å². The van der Waals surface area contributed by atoms with Gasteiger partial charge in [-0.05, 0) is 12.0 Å². The predicted octanol–water partition coefficient (Wildman–Crippen LogP) is 1.86. The molecule has 2 aromatic rings. The number of aliphatic hydroxyl groups excluding tert-OH is 1. The third kappa shape index (κ3) is 4.05. The Morgan fingerprint density at radius 2 is 1.95 bits per heavy atom. The number of carbonyl (C=O) groups is 1. The molecule has 0 fully saturated rings. The van der Waals surface area contributed by atoms with Gasteiger partial charge in [-0.2, -0.15) is 4.98 Å². The summed E-state index contributed by atoms with van der Waals surface area (Å²) >= 11 is 0. The van der Waals surface area contributed by atoms with Gasteiger partial charge in [0.05, 0.1) is 18.7 Å². The number of carbonyl (C=O) groups excluding carboxylic acids is 1. The Kier molecular flexibility index (Phi) is 5.48. The van der Waals surface area contributed by atoms with Crippen LogP contribution in [0.2, 0.25) is 0 Å². The molecule has 1 aromatic heterocycles. The summed E-state index contributed by atoms with van der Waals surface area (Å²) in [4.78, 5) is 16.2. The van der Waals surface area contributed by atoms with Crippen LogP contribution in [0.1, 0.15) is 42.7 Å². The second kappa shape index (κ2) is 7.56.